The van der Waals surface area contributed by atoms with Crippen molar-refractivity contribution in [3.05, 3.63) is 65.5 Å². The zero-order valence-corrected chi connectivity index (χ0v) is 22.6. The predicted molar refractivity (Wildman–Crippen MR) is 146 cm³/mol. The lowest BCUT2D eigenvalue weighted by Gasteiger charge is -2.34. The summed E-state index contributed by atoms with van der Waals surface area (Å²) in [5.41, 5.74) is 4.85. The van der Waals surface area contributed by atoms with Gasteiger partial charge in [-0.2, -0.15) is 0 Å². The molecule has 0 N–H and O–H groups in total. The highest BCUT2D eigenvalue weighted by atomic mass is 16.7. The third-order valence-electron chi connectivity index (χ3n) is 8.18. The smallest absolute Gasteiger partial charge is 0.231 e. The average Bonchev–Trinajstić information content (AvgIpc) is 3.67. The van der Waals surface area contributed by atoms with E-state index in [0.717, 1.165) is 74.9 Å². The van der Waals surface area contributed by atoms with Gasteiger partial charge in [-0.1, -0.05) is 49.7 Å². The molecule has 2 fully saturated rings. The lowest BCUT2D eigenvalue weighted by molar-refractivity contribution is 0.0379. The molecule has 3 aromatic rings. The third-order valence-corrected chi connectivity index (χ3v) is 8.18. The summed E-state index contributed by atoms with van der Waals surface area (Å²) in [6.45, 7) is 8.85. The van der Waals surface area contributed by atoms with Gasteiger partial charge < -0.3 is 23.5 Å². The minimum atomic E-state index is 0.239. The number of rotatable bonds is 10. The molecule has 2 aromatic carbocycles. The third kappa shape index (κ3) is 5.46. The monoisotopic (exact) mass is 517 g/mol. The van der Waals surface area contributed by atoms with E-state index in [0.29, 0.717) is 19.5 Å². The highest BCUT2D eigenvalue weighted by molar-refractivity contribution is 5.57. The van der Waals surface area contributed by atoms with E-state index in [1.54, 1.807) is 0 Å². The van der Waals surface area contributed by atoms with Crippen molar-refractivity contribution in [1.82, 2.24) is 14.5 Å². The summed E-state index contributed by atoms with van der Waals surface area (Å²) >= 11 is 0. The maximum absolute atomic E-state index is 5.91. The standard InChI is InChI=1S/C31H39N3O4/c1-3-4-14-34-26(22(2)32-31(34)25-8-6-5-7-9-25)19-33(17-23-10-12-27-29(15-23)37-20-35-27)18-24-11-13-28-30(16-24)38-21-36-28/h5-10,12,15,24,28,30H,3-4,11,13-14,16-21H2,1-2H3. The Morgan fingerprint density at radius 2 is 1.79 bits per heavy atom. The second kappa shape index (κ2) is 11.5. The van der Waals surface area contributed by atoms with Crippen LogP contribution in [0.2, 0.25) is 0 Å². The van der Waals surface area contributed by atoms with Crippen molar-refractivity contribution >= 4 is 0 Å². The molecule has 7 nitrogen and oxygen atoms in total. The van der Waals surface area contributed by atoms with E-state index in [-0.39, 0.29) is 12.2 Å². The average molecular weight is 518 g/mol. The first-order valence-electron chi connectivity index (χ1n) is 14.1. The molecule has 3 aliphatic rings. The topological polar surface area (TPSA) is 58.0 Å². The van der Waals surface area contributed by atoms with E-state index in [9.17, 15) is 0 Å². The van der Waals surface area contributed by atoms with Crippen molar-refractivity contribution in [2.45, 2.75) is 77.8 Å². The van der Waals surface area contributed by atoms with Gasteiger partial charge in [-0.25, -0.2) is 4.98 Å². The lowest BCUT2D eigenvalue weighted by Crippen LogP contribution is -2.37. The van der Waals surface area contributed by atoms with E-state index in [1.807, 2.05) is 6.07 Å². The van der Waals surface area contributed by atoms with Gasteiger partial charge in [0, 0.05) is 31.7 Å². The Hall–Kier alpha value is -2.87. The summed E-state index contributed by atoms with van der Waals surface area (Å²) in [6, 6.07) is 16.9. The van der Waals surface area contributed by atoms with Crippen molar-refractivity contribution in [2.75, 3.05) is 20.1 Å². The molecule has 3 atom stereocenters. The molecule has 0 bridgehead atoms. The van der Waals surface area contributed by atoms with E-state index in [1.165, 1.54) is 23.2 Å². The zero-order chi connectivity index (χ0) is 25.9. The first kappa shape index (κ1) is 25.4. The largest absolute Gasteiger partial charge is 0.454 e. The van der Waals surface area contributed by atoms with Crippen molar-refractivity contribution in [3.63, 3.8) is 0 Å². The van der Waals surface area contributed by atoms with Crippen LogP contribution >= 0.6 is 0 Å². The summed E-state index contributed by atoms with van der Waals surface area (Å²) in [5.74, 6) is 3.33. The second-order valence-electron chi connectivity index (χ2n) is 10.9. The molecule has 0 radical (unpaired) electrons. The van der Waals surface area contributed by atoms with Crippen molar-refractivity contribution in [1.29, 1.82) is 0 Å². The van der Waals surface area contributed by atoms with Gasteiger partial charge in [0.05, 0.1) is 23.6 Å². The fraction of sp³-hybridized carbons (Fsp3) is 0.516. The van der Waals surface area contributed by atoms with E-state index in [4.69, 9.17) is 23.9 Å². The van der Waals surface area contributed by atoms with Crippen molar-refractivity contribution in [3.8, 4) is 22.9 Å². The number of hydrogen-bond acceptors (Lipinski definition) is 6. The summed E-state index contributed by atoms with van der Waals surface area (Å²) in [4.78, 5) is 7.69. The lowest BCUT2D eigenvalue weighted by atomic mass is 9.85. The normalized spacial score (nSPS) is 22.2. The summed E-state index contributed by atoms with van der Waals surface area (Å²) < 4.78 is 25.4. The molecule has 1 saturated carbocycles. The summed E-state index contributed by atoms with van der Waals surface area (Å²) in [7, 11) is 0. The molecule has 202 valence electrons. The SMILES string of the molecule is CCCCn1c(-c2ccccc2)nc(C)c1CN(Cc1ccc2c(c1)OCO2)CC1CCC2OCOC2C1. The molecule has 1 saturated heterocycles. The van der Waals surface area contributed by atoms with Gasteiger partial charge in [0.15, 0.2) is 11.5 Å². The Kier molecular flexibility index (Phi) is 7.68. The fourth-order valence-electron chi connectivity index (χ4n) is 6.16. The van der Waals surface area contributed by atoms with Crippen LogP contribution in [0.25, 0.3) is 11.4 Å². The van der Waals surface area contributed by atoms with Crippen LogP contribution in [0.3, 0.4) is 0 Å². The molecule has 3 heterocycles. The van der Waals surface area contributed by atoms with Gasteiger partial charge >= 0.3 is 0 Å². The number of imidazole rings is 1. The number of benzene rings is 2. The van der Waals surface area contributed by atoms with Crippen LogP contribution in [-0.2, 0) is 29.1 Å². The predicted octanol–water partition coefficient (Wildman–Crippen LogP) is 5.93. The molecule has 1 aliphatic carbocycles. The minimum Gasteiger partial charge on any atom is -0.454 e. The van der Waals surface area contributed by atoms with Gasteiger partial charge in [-0.05, 0) is 56.2 Å². The molecular formula is C31H39N3O4. The second-order valence-corrected chi connectivity index (χ2v) is 10.9. The van der Waals surface area contributed by atoms with Gasteiger partial charge in [-0.3, -0.25) is 4.90 Å². The van der Waals surface area contributed by atoms with Crippen LogP contribution in [0.4, 0.5) is 0 Å². The first-order valence-corrected chi connectivity index (χ1v) is 14.1. The van der Waals surface area contributed by atoms with E-state index < -0.39 is 0 Å². The number of aryl methyl sites for hydroxylation is 1. The van der Waals surface area contributed by atoms with Crippen LogP contribution in [0.5, 0.6) is 11.5 Å². The van der Waals surface area contributed by atoms with Crippen LogP contribution in [-0.4, -0.2) is 46.8 Å². The van der Waals surface area contributed by atoms with Gasteiger partial charge in [0.2, 0.25) is 6.79 Å². The van der Waals surface area contributed by atoms with Crippen LogP contribution in [0, 0.1) is 12.8 Å². The van der Waals surface area contributed by atoms with Gasteiger partial charge in [0.25, 0.3) is 0 Å². The molecule has 6 rings (SSSR count). The number of aromatic nitrogens is 2. The molecule has 0 spiro atoms. The van der Waals surface area contributed by atoms with Gasteiger partial charge in [0.1, 0.15) is 12.6 Å². The molecule has 7 heteroatoms. The Labute approximate surface area is 225 Å². The maximum Gasteiger partial charge on any atom is 0.231 e. The fourth-order valence-corrected chi connectivity index (χ4v) is 6.16. The molecule has 0 amide bonds. The number of nitrogens with zero attached hydrogens (tertiary/aromatic N) is 3. The Balaban J connectivity index is 1.28. The van der Waals surface area contributed by atoms with Crippen LogP contribution < -0.4 is 9.47 Å². The minimum absolute atomic E-state index is 0.239. The molecule has 3 unspecified atom stereocenters. The van der Waals surface area contributed by atoms with Crippen molar-refractivity contribution < 1.29 is 18.9 Å². The summed E-state index contributed by atoms with van der Waals surface area (Å²) in [6.07, 6.45) is 6.12. The van der Waals surface area contributed by atoms with Crippen LogP contribution in [0.1, 0.15) is 56.0 Å². The molecule has 2 aliphatic heterocycles. The summed E-state index contributed by atoms with van der Waals surface area (Å²) in [5, 5.41) is 0. The van der Waals surface area contributed by atoms with Crippen LogP contribution in [0.15, 0.2) is 48.5 Å². The van der Waals surface area contributed by atoms with Gasteiger partial charge in [-0.15, -0.1) is 0 Å². The Morgan fingerprint density at radius 3 is 2.66 bits per heavy atom. The highest BCUT2D eigenvalue weighted by Crippen LogP contribution is 2.35. The molecule has 38 heavy (non-hydrogen) atoms. The Morgan fingerprint density at radius 1 is 0.947 bits per heavy atom. The maximum atomic E-state index is 5.91. The van der Waals surface area contributed by atoms with E-state index >= 15 is 0 Å². The van der Waals surface area contributed by atoms with Crippen molar-refractivity contribution in [2.24, 2.45) is 5.92 Å². The number of hydrogen-bond donors (Lipinski definition) is 0. The number of fused-ring (bicyclic) bond motifs is 2. The zero-order valence-electron chi connectivity index (χ0n) is 22.6. The molecular weight excluding hydrogens is 478 g/mol. The quantitative estimate of drug-likeness (QED) is 0.332. The highest BCUT2D eigenvalue weighted by Gasteiger charge is 2.36. The molecule has 1 aromatic heterocycles. The number of unbranched alkanes of at least 4 members (excludes halogenated alkanes) is 1. The Bertz CT molecular complexity index is 1230. The van der Waals surface area contributed by atoms with E-state index in [2.05, 4.69) is 65.8 Å². The first-order chi connectivity index (χ1) is 18.7. The number of ether oxygens (including phenoxy) is 4.